The molecule has 0 aromatic carbocycles. The average Bonchev–Trinajstić information content (AvgIpc) is 2.79. The molecule has 1 aliphatic heterocycles. The molecule has 1 aliphatic rings. The third-order valence-corrected chi connectivity index (χ3v) is 3.02. The lowest BCUT2D eigenvalue weighted by molar-refractivity contribution is -0.139. The molecule has 0 spiro atoms. The summed E-state index contributed by atoms with van der Waals surface area (Å²) in [5.74, 6) is -0.0902. The first-order chi connectivity index (χ1) is 7.57. The van der Waals surface area contributed by atoms with Crippen molar-refractivity contribution in [2.45, 2.75) is 38.8 Å². The van der Waals surface area contributed by atoms with E-state index in [1.807, 2.05) is 6.92 Å². The molecule has 1 saturated heterocycles. The number of amides is 2. The zero-order chi connectivity index (χ0) is 12.1. The van der Waals surface area contributed by atoms with E-state index >= 15 is 0 Å². The Hall–Kier alpha value is -1.10. The first-order valence-corrected chi connectivity index (χ1v) is 5.85. The normalized spacial score (nSPS) is 21.6. The smallest absolute Gasteiger partial charge is 0.242 e. The molecule has 5 nitrogen and oxygen atoms in total. The van der Waals surface area contributed by atoms with Gasteiger partial charge in [0, 0.05) is 13.6 Å². The predicted octanol–water partition coefficient (Wildman–Crippen LogP) is -0.279. The van der Waals surface area contributed by atoms with E-state index in [0.29, 0.717) is 6.54 Å². The van der Waals surface area contributed by atoms with Crippen LogP contribution in [0.4, 0.5) is 0 Å². The molecule has 1 fully saturated rings. The lowest BCUT2D eigenvalue weighted by Gasteiger charge is -2.26. The first-order valence-electron chi connectivity index (χ1n) is 5.85. The van der Waals surface area contributed by atoms with Crippen LogP contribution in [0.2, 0.25) is 0 Å². The molecule has 16 heavy (non-hydrogen) atoms. The van der Waals surface area contributed by atoms with Gasteiger partial charge in [-0.15, -0.1) is 0 Å². The van der Waals surface area contributed by atoms with Crippen molar-refractivity contribution < 1.29 is 9.59 Å². The second kappa shape index (κ2) is 5.84. The Bertz CT molecular complexity index is 262. The topological polar surface area (TPSA) is 61.4 Å². The van der Waals surface area contributed by atoms with E-state index in [4.69, 9.17) is 0 Å². The maximum Gasteiger partial charge on any atom is 0.242 e. The van der Waals surface area contributed by atoms with Crippen molar-refractivity contribution in [1.82, 2.24) is 15.5 Å². The second-order valence-electron chi connectivity index (χ2n) is 4.17. The minimum absolute atomic E-state index is 0.0104. The van der Waals surface area contributed by atoms with Crippen LogP contribution in [0, 0.1) is 0 Å². The number of likely N-dealkylation sites (N-methyl/N-ethyl adjacent to an activating group) is 2. The Kier molecular flexibility index (Phi) is 4.73. The van der Waals surface area contributed by atoms with Crippen molar-refractivity contribution in [3.63, 3.8) is 0 Å². The van der Waals surface area contributed by atoms with E-state index in [2.05, 4.69) is 10.6 Å². The third-order valence-electron chi connectivity index (χ3n) is 3.02. The van der Waals surface area contributed by atoms with Crippen molar-refractivity contribution in [2.24, 2.45) is 0 Å². The molecule has 1 heterocycles. The fourth-order valence-corrected chi connectivity index (χ4v) is 1.83. The first kappa shape index (κ1) is 13.0. The van der Waals surface area contributed by atoms with Gasteiger partial charge in [-0.25, -0.2) is 0 Å². The van der Waals surface area contributed by atoms with Gasteiger partial charge < -0.3 is 15.5 Å². The Balaban J connectivity index is 2.51. The molecule has 92 valence electrons. The molecule has 0 aromatic rings. The largest absolute Gasteiger partial charge is 0.355 e. The number of rotatable bonds is 4. The van der Waals surface area contributed by atoms with Crippen LogP contribution < -0.4 is 10.6 Å². The minimum atomic E-state index is -0.408. The summed E-state index contributed by atoms with van der Waals surface area (Å²) in [5.41, 5.74) is 0. The highest BCUT2D eigenvalue weighted by Crippen LogP contribution is 2.09. The standard InChI is InChI=1S/C11H21N3O2/c1-4-12-10(15)8(2)14(3)11(16)9-6-5-7-13-9/h8-9,13H,4-7H2,1-3H3,(H,12,15)/t8-,9-/m0/s1. The van der Waals surface area contributed by atoms with Crippen LogP contribution >= 0.6 is 0 Å². The molecule has 5 heteroatoms. The van der Waals surface area contributed by atoms with Crippen LogP contribution in [0.1, 0.15) is 26.7 Å². The van der Waals surface area contributed by atoms with Gasteiger partial charge in [0.1, 0.15) is 6.04 Å². The molecule has 0 radical (unpaired) electrons. The van der Waals surface area contributed by atoms with Crippen molar-refractivity contribution in [3.05, 3.63) is 0 Å². The Morgan fingerprint density at radius 2 is 2.25 bits per heavy atom. The molecule has 1 rings (SSSR count). The molecule has 0 aliphatic carbocycles. The van der Waals surface area contributed by atoms with Crippen molar-refractivity contribution in [2.75, 3.05) is 20.1 Å². The highest BCUT2D eigenvalue weighted by Gasteiger charge is 2.29. The number of nitrogens with one attached hydrogen (secondary N) is 2. The molecule has 0 aromatic heterocycles. The zero-order valence-corrected chi connectivity index (χ0v) is 10.2. The lowest BCUT2D eigenvalue weighted by Crippen LogP contribution is -2.50. The van der Waals surface area contributed by atoms with Gasteiger partial charge >= 0.3 is 0 Å². The number of nitrogens with zero attached hydrogens (tertiary/aromatic N) is 1. The molecule has 0 saturated carbocycles. The molecule has 2 amide bonds. The van der Waals surface area contributed by atoms with Gasteiger partial charge in [0.25, 0.3) is 0 Å². The summed E-state index contributed by atoms with van der Waals surface area (Å²) >= 11 is 0. The summed E-state index contributed by atoms with van der Waals surface area (Å²) in [6, 6.07) is -0.517. The van der Waals surface area contributed by atoms with Crippen LogP contribution in [0.25, 0.3) is 0 Å². The summed E-state index contributed by atoms with van der Waals surface area (Å²) in [6.07, 6.45) is 1.89. The molecule has 0 bridgehead atoms. The maximum absolute atomic E-state index is 12.0. The third kappa shape index (κ3) is 2.95. The minimum Gasteiger partial charge on any atom is -0.355 e. The van der Waals surface area contributed by atoms with Gasteiger partial charge in [-0.1, -0.05) is 0 Å². The number of hydrogen-bond acceptors (Lipinski definition) is 3. The van der Waals surface area contributed by atoms with Crippen molar-refractivity contribution in [3.8, 4) is 0 Å². The summed E-state index contributed by atoms with van der Waals surface area (Å²) in [4.78, 5) is 25.1. The average molecular weight is 227 g/mol. The molecule has 2 N–H and O–H groups in total. The summed E-state index contributed by atoms with van der Waals surface area (Å²) in [6.45, 7) is 5.09. The van der Waals surface area contributed by atoms with Crippen LogP contribution in [-0.2, 0) is 9.59 Å². The van der Waals surface area contributed by atoms with E-state index in [1.54, 1.807) is 14.0 Å². The monoisotopic (exact) mass is 227 g/mol. The van der Waals surface area contributed by atoms with Crippen LogP contribution in [0.3, 0.4) is 0 Å². The van der Waals surface area contributed by atoms with Gasteiger partial charge in [0.2, 0.25) is 11.8 Å². The van der Waals surface area contributed by atoms with E-state index in [9.17, 15) is 9.59 Å². The maximum atomic E-state index is 12.0. The van der Waals surface area contributed by atoms with Gasteiger partial charge in [0.05, 0.1) is 6.04 Å². The molecule has 2 atom stereocenters. The van der Waals surface area contributed by atoms with Gasteiger partial charge in [-0.2, -0.15) is 0 Å². The number of carbonyl (C=O) groups excluding carboxylic acids is 2. The summed E-state index contributed by atoms with van der Waals surface area (Å²) in [5, 5.41) is 5.86. The van der Waals surface area contributed by atoms with Crippen molar-refractivity contribution in [1.29, 1.82) is 0 Å². The highest BCUT2D eigenvalue weighted by atomic mass is 16.2. The van der Waals surface area contributed by atoms with Crippen molar-refractivity contribution >= 4 is 11.8 Å². The Labute approximate surface area is 96.6 Å². The van der Waals surface area contributed by atoms with E-state index in [-0.39, 0.29) is 17.9 Å². The van der Waals surface area contributed by atoms with Crippen LogP contribution in [-0.4, -0.2) is 48.9 Å². The van der Waals surface area contributed by atoms with E-state index in [1.165, 1.54) is 4.90 Å². The Morgan fingerprint density at radius 3 is 2.75 bits per heavy atom. The quantitative estimate of drug-likeness (QED) is 0.694. The number of carbonyl (C=O) groups is 2. The van der Waals surface area contributed by atoms with Gasteiger partial charge in [0.15, 0.2) is 0 Å². The van der Waals surface area contributed by atoms with Crippen LogP contribution in [0.5, 0.6) is 0 Å². The fourth-order valence-electron chi connectivity index (χ4n) is 1.83. The molecular weight excluding hydrogens is 206 g/mol. The molecule has 0 unspecified atom stereocenters. The summed E-state index contributed by atoms with van der Waals surface area (Å²) in [7, 11) is 1.68. The highest BCUT2D eigenvalue weighted by molar-refractivity contribution is 5.89. The zero-order valence-electron chi connectivity index (χ0n) is 10.2. The fraction of sp³-hybridized carbons (Fsp3) is 0.818. The second-order valence-corrected chi connectivity index (χ2v) is 4.17. The van der Waals surface area contributed by atoms with Crippen LogP contribution in [0.15, 0.2) is 0 Å². The van der Waals surface area contributed by atoms with Gasteiger partial charge in [-0.05, 0) is 33.2 Å². The van der Waals surface area contributed by atoms with E-state index < -0.39 is 6.04 Å². The lowest BCUT2D eigenvalue weighted by atomic mass is 10.1. The van der Waals surface area contributed by atoms with Gasteiger partial charge in [-0.3, -0.25) is 9.59 Å². The molecular formula is C11H21N3O2. The predicted molar refractivity (Wildman–Crippen MR) is 61.9 cm³/mol. The SMILES string of the molecule is CCNC(=O)[C@H](C)N(C)C(=O)[C@@H]1CCCN1. The summed E-state index contributed by atoms with van der Waals surface area (Å²) < 4.78 is 0. The number of hydrogen-bond donors (Lipinski definition) is 2. The van der Waals surface area contributed by atoms with E-state index in [0.717, 1.165) is 19.4 Å². The Morgan fingerprint density at radius 1 is 1.56 bits per heavy atom.